The maximum atomic E-state index is 14.0. The number of nitrogens with zero attached hydrogens (tertiary/aromatic N) is 2. The van der Waals surface area contributed by atoms with Gasteiger partial charge in [0.15, 0.2) is 11.5 Å². The Bertz CT molecular complexity index is 1290. The number of nitrogens with one attached hydrogen (secondary N) is 1. The standard InChI is InChI=1S/C32H41N3O4S2/c1-23-10-14-28(41-23)21-34(19-18-24-11-17-29(38-2)30(20-24)39-3)31(36)22-35(26-8-6-5-7-9-26)32(37)33-25-12-15-27(40-4)16-13-25/h10-17,20,26H,5-9,18-19,21-22H2,1-4H3,(H,33,37). The molecule has 0 atom stereocenters. The Kier molecular flexibility index (Phi) is 11.4. The van der Waals surface area contributed by atoms with Crippen LogP contribution in [0, 0.1) is 6.92 Å². The zero-order chi connectivity index (χ0) is 29.2. The second-order valence-electron chi connectivity index (χ2n) is 10.3. The molecular weight excluding hydrogens is 555 g/mol. The summed E-state index contributed by atoms with van der Waals surface area (Å²) in [7, 11) is 3.24. The number of aryl methyl sites for hydroxylation is 1. The summed E-state index contributed by atoms with van der Waals surface area (Å²) in [4.78, 5) is 34.7. The lowest BCUT2D eigenvalue weighted by molar-refractivity contribution is -0.132. The second-order valence-corrected chi connectivity index (χ2v) is 12.6. The highest BCUT2D eigenvalue weighted by molar-refractivity contribution is 7.98. The van der Waals surface area contributed by atoms with E-state index in [0.717, 1.165) is 46.7 Å². The van der Waals surface area contributed by atoms with Crippen molar-refractivity contribution in [3.05, 3.63) is 69.9 Å². The van der Waals surface area contributed by atoms with Crippen molar-refractivity contribution in [1.82, 2.24) is 9.80 Å². The summed E-state index contributed by atoms with van der Waals surface area (Å²) in [6.45, 7) is 3.17. The molecule has 3 aromatic rings. The van der Waals surface area contributed by atoms with Gasteiger partial charge in [0.25, 0.3) is 0 Å². The van der Waals surface area contributed by atoms with Crippen LogP contribution in [0.25, 0.3) is 0 Å². The number of methoxy groups -OCH3 is 2. The van der Waals surface area contributed by atoms with E-state index < -0.39 is 0 Å². The van der Waals surface area contributed by atoms with Gasteiger partial charge in [-0.2, -0.15) is 0 Å². The molecule has 220 valence electrons. The van der Waals surface area contributed by atoms with Gasteiger partial charge in [-0.3, -0.25) is 4.79 Å². The van der Waals surface area contributed by atoms with Gasteiger partial charge < -0.3 is 24.6 Å². The first-order valence-electron chi connectivity index (χ1n) is 14.2. The molecule has 1 fully saturated rings. The molecule has 4 rings (SSSR count). The number of urea groups is 1. The van der Waals surface area contributed by atoms with Crippen molar-refractivity contribution in [1.29, 1.82) is 0 Å². The molecule has 0 saturated heterocycles. The van der Waals surface area contributed by atoms with E-state index >= 15 is 0 Å². The highest BCUT2D eigenvalue weighted by Crippen LogP contribution is 2.28. The van der Waals surface area contributed by atoms with Crippen LogP contribution in [-0.4, -0.2) is 61.3 Å². The van der Waals surface area contributed by atoms with Crippen molar-refractivity contribution in [3.63, 3.8) is 0 Å². The lowest BCUT2D eigenvalue weighted by Gasteiger charge is -2.35. The Balaban J connectivity index is 1.52. The number of carbonyl (C=O) groups excluding carboxylic acids is 2. The summed E-state index contributed by atoms with van der Waals surface area (Å²) in [5.74, 6) is 1.30. The van der Waals surface area contributed by atoms with Gasteiger partial charge in [-0.25, -0.2) is 4.79 Å². The molecule has 9 heteroatoms. The Morgan fingerprint density at radius 3 is 2.34 bits per heavy atom. The van der Waals surface area contributed by atoms with Gasteiger partial charge in [0.05, 0.1) is 20.8 Å². The Hall–Kier alpha value is -3.17. The molecule has 0 aliphatic heterocycles. The maximum absolute atomic E-state index is 14.0. The van der Waals surface area contributed by atoms with Crippen LogP contribution in [0.2, 0.25) is 0 Å². The van der Waals surface area contributed by atoms with Crippen LogP contribution in [0.3, 0.4) is 0 Å². The number of thiophene rings is 1. The Labute approximate surface area is 252 Å². The molecule has 0 spiro atoms. The maximum Gasteiger partial charge on any atom is 0.322 e. The Morgan fingerprint density at radius 2 is 1.71 bits per heavy atom. The van der Waals surface area contributed by atoms with Crippen molar-refractivity contribution < 1.29 is 19.1 Å². The molecule has 7 nitrogen and oxygen atoms in total. The molecule has 1 aliphatic rings. The molecule has 1 saturated carbocycles. The molecule has 0 bridgehead atoms. The first kappa shape index (κ1) is 30.8. The van der Waals surface area contributed by atoms with Crippen molar-refractivity contribution in [3.8, 4) is 11.5 Å². The van der Waals surface area contributed by atoms with Crippen molar-refractivity contribution in [2.75, 3.05) is 38.9 Å². The fraction of sp³-hybridized carbons (Fsp3) is 0.438. The minimum Gasteiger partial charge on any atom is -0.493 e. The van der Waals surface area contributed by atoms with E-state index in [1.165, 1.54) is 11.3 Å². The van der Waals surface area contributed by atoms with E-state index in [9.17, 15) is 9.59 Å². The molecule has 0 unspecified atom stereocenters. The molecule has 0 radical (unpaired) electrons. The number of anilines is 1. The fourth-order valence-electron chi connectivity index (χ4n) is 5.23. The highest BCUT2D eigenvalue weighted by Gasteiger charge is 2.29. The van der Waals surface area contributed by atoms with Crippen LogP contribution in [0.5, 0.6) is 11.5 Å². The van der Waals surface area contributed by atoms with Crippen LogP contribution in [0.1, 0.15) is 47.4 Å². The van der Waals surface area contributed by atoms with Crippen molar-refractivity contribution in [2.45, 2.75) is 62.9 Å². The van der Waals surface area contributed by atoms with Crippen molar-refractivity contribution in [2.24, 2.45) is 0 Å². The summed E-state index contributed by atoms with van der Waals surface area (Å²) in [5.41, 5.74) is 1.79. The van der Waals surface area contributed by atoms with E-state index in [1.54, 1.807) is 42.2 Å². The highest BCUT2D eigenvalue weighted by atomic mass is 32.2. The minimum atomic E-state index is -0.214. The van der Waals surface area contributed by atoms with Crippen LogP contribution < -0.4 is 14.8 Å². The number of amides is 3. The predicted molar refractivity (Wildman–Crippen MR) is 169 cm³/mol. The molecule has 3 amide bonds. The van der Waals surface area contributed by atoms with E-state index in [1.807, 2.05) is 53.6 Å². The third kappa shape index (κ3) is 8.66. The average molecular weight is 596 g/mol. The first-order valence-corrected chi connectivity index (χ1v) is 16.2. The summed E-state index contributed by atoms with van der Waals surface area (Å²) < 4.78 is 10.9. The topological polar surface area (TPSA) is 71.1 Å². The van der Waals surface area contributed by atoms with Gasteiger partial charge in [0, 0.05) is 32.9 Å². The third-order valence-corrected chi connectivity index (χ3v) is 9.27. The molecule has 41 heavy (non-hydrogen) atoms. The fourth-order valence-corrected chi connectivity index (χ4v) is 6.54. The number of ether oxygens (including phenoxy) is 2. The van der Waals surface area contributed by atoms with Crippen LogP contribution in [0.4, 0.5) is 10.5 Å². The normalized spacial score (nSPS) is 13.5. The molecule has 1 aromatic heterocycles. The van der Waals surface area contributed by atoms with Gasteiger partial charge in [0.1, 0.15) is 6.54 Å². The van der Waals surface area contributed by atoms with Crippen LogP contribution in [0.15, 0.2) is 59.5 Å². The van der Waals surface area contributed by atoms with E-state index in [-0.39, 0.29) is 24.5 Å². The van der Waals surface area contributed by atoms with E-state index in [0.29, 0.717) is 31.0 Å². The van der Waals surface area contributed by atoms with Gasteiger partial charge in [0.2, 0.25) is 5.91 Å². The summed E-state index contributed by atoms with van der Waals surface area (Å²) >= 11 is 3.36. The summed E-state index contributed by atoms with van der Waals surface area (Å²) in [5, 5.41) is 3.05. The van der Waals surface area contributed by atoms with Crippen molar-refractivity contribution >= 4 is 40.7 Å². The zero-order valence-corrected chi connectivity index (χ0v) is 26.1. The Morgan fingerprint density at radius 1 is 0.976 bits per heavy atom. The number of carbonyl (C=O) groups is 2. The summed E-state index contributed by atoms with van der Waals surface area (Å²) in [6, 6.07) is 17.7. The molecule has 2 aromatic carbocycles. The third-order valence-electron chi connectivity index (χ3n) is 7.54. The van der Waals surface area contributed by atoms with E-state index in [2.05, 4.69) is 24.4 Å². The van der Waals surface area contributed by atoms with E-state index in [4.69, 9.17) is 9.47 Å². The number of hydrogen-bond donors (Lipinski definition) is 1. The molecule has 1 aliphatic carbocycles. The lowest BCUT2D eigenvalue weighted by Crippen LogP contribution is -2.49. The number of hydrogen-bond acceptors (Lipinski definition) is 6. The van der Waals surface area contributed by atoms with Gasteiger partial charge in [-0.05, 0) is 86.5 Å². The molecule has 1 N–H and O–H groups in total. The first-order chi connectivity index (χ1) is 19.9. The summed E-state index contributed by atoms with van der Waals surface area (Å²) in [6.07, 6.45) is 7.84. The molecular formula is C32H41N3O4S2. The van der Waals surface area contributed by atoms with Gasteiger partial charge in [-0.1, -0.05) is 25.3 Å². The number of thioether (sulfide) groups is 1. The van der Waals surface area contributed by atoms with Crippen LogP contribution in [-0.2, 0) is 17.8 Å². The number of benzene rings is 2. The SMILES string of the molecule is COc1ccc(CCN(Cc2ccc(C)s2)C(=O)CN(C(=O)Nc2ccc(SC)cc2)C2CCCCC2)cc1OC. The largest absolute Gasteiger partial charge is 0.493 e. The lowest BCUT2D eigenvalue weighted by atomic mass is 9.94. The second kappa shape index (κ2) is 15.2. The predicted octanol–water partition coefficient (Wildman–Crippen LogP) is 7.23. The van der Waals surface area contributed by atoms with Crippen LogP contribution >= 0.6 is 23.1 Å². The zero-order valence-electron chi connectivity index (χ0n) is 24.5. The quantitative estimate of drug-likeness (QED) is 0.224. The minimum absolute atomic E-state index is 0.0463. The number of rotatable bonds is 12. The molecule has 1 heterocycles. The smallest absolute Gasteiger partial charge is 0.322 e. The van der Waals surface area contributed by atoms with Gasteiger partial charge >= 0.3 is 6.03 Å². The average Bonchev–Trinajstić information content (AvgIpc) is 3.42. The van der Waals surface area contributed by atoms with Gasteiger partial charge in [-0.15, -0.1) is 23.1 Å². The monoisotopic (exact) mass is 595 g/mol.